The van der Waals surface area contributed by atoms with Crippen molar-refractivity contribution < 1.29 is 22.7 Å². The van der Waals surface area contributed by atoms with Crippen LogP contribution in [0.15, 0.2) is 35.2 Å². The molecule has 2 aromatic rings. The summed E-state index contributed by atoms with van der Waals surface area (Å²) >= 11 is 7.33. The molecule has 0 saturated heterocycles. The maximum atomic E-state index is 13.5. The number of nitrogens with zero attached hydrogens (tertiary/aromatic N) is 1. The number of pyridine rings is 1. The summed E-state index contributed by atoms with van der Waals surface area (Å²) in [5.74, 6) is -0.687. The Hall–Kier alpha value is -1.93. The molecule has 1 N–H and O–H groups in total. The Bertz CT molecular complexity index is 846. The van der Waals surface area contributed by atoms with Crippen LogP contribution in [0, 0.1) is 0 Å². The van der Waals surface area contributed by atoms with Crippen LogP contribution >= 0.6 is 23.4 Å². The molecule has 152 valence electrons. The number of carbonyl (C=O) groups is 1. The number of anilines is 1. The molecule has 0 aliphatic heterocycles. The van der Waals surface area contributed by atoms with Gasteiger partial charge >= 0.3 is 6.18 Å². The summed E-state index contributed by atoms with van der Waals surface area (Å²) in [6.07, 6.45) is -3.80. The highest BCUT2D eigenvalue weighted by Crippen LogP contribution is 2.38. The summed E-state index contributed by atoms with van der Waals surface area (Å²) in [6.45, 7) is 5.96. The van der Waals surface area contributed by atoms with E-state index in [1.165, 1.54) is 30.0 Å². The van der Waals surface area contributed by atoms with E-state index in [0.717, 1.165) is 12.5 Å². The van der Waals surface area contributed by atoms with Crippen LogP contribution in [-0.4, -0.2) is 22.7 Å². The van der Waals surface area contributed by atoms with Crippen molar-refractivity contribution in [3.8, 4) is 5.88 Å². The second kappa shape index (κ2) is 9.52. The Balaban J connectivity index is 2.34. The van der Waals surface area contributed by atoms with Gasteiger partial charge in [-0.25, -0.2) is 4.98 Å². The van der Waals surface area contributed by atoms with E-state index >= 15 is 0 Å². The van der Waals surface area contributed by atoms with Crippen molar-refractivity contribution in [3.63, 3.8) is 0 Å². The van der Waals surface area contributed by atoms with Gasteiger partial charge in [-0.05, 0) is 37.6 Å². The Kier molecular flexibility index (Phi) is 7.60. The van der Waals surface area contributed by atoms with Gasteiger partial charge in [0.1, 0.15) is 0 Å². The Morgan fingerprint density at radius 3 is 2.61 bits per heavy atom. The van der Waals surface area contributed by atoms with Gasteiger partial charge in [0, 0.05) is 16.2 Å². The second-order valence-corrected chi connectivity index (χ2v) is 7.83. The Morgan fingerprint density at radius 1 is 1.29 bits per heavy atom. The molecule has 2 rings (SSSR count). The summed E-state index contributed by atoms with van der Waals surface area (Å²) in [4.78, 5) is 16.9. The molecule has 1 aromatic carbocycles. The fourth-order valence-corrected chi connectivity index (χ4v) is 3.40. The molecule has 0 unspecified atom stereocenters. The van der Waals surface area contributed by atoms with Crippen LogP contribution in [-0.2, 0) is 6.18 Å². The normalized spacial score (nSPS) is 12.5. The van der Waals surface area contributed by atoms with Crippen molar-refractivity contribution in [2.24, 2.45) is 0 Å². The van der Waals surface area contributed by atoms with Crippen molar-refractivity contribution in [2.45, 2.75) is 43.5 Å². The zero-order chi connectivity index (χ0) is 20.9. The maximum Gasteiger partial charge on any atom is 0.418 e. The molecule has 1 aromatic heterocycles. The van der Waals surface area contributed by atoms with Gasteiger partial charge in [-0.2, -0.15) is 13.2 Å². The lowest BCUT2D eigenvalue weighted by Gasteiger charge is -2.16. The van der Waals surface area contributed by atoms with Crippen LogP contribution in [0.4, 0.5) is 18.9 Å². The first-order valence-electron chi connectivity index (χ1n) is 8.64. The average Bonchev–Trinajstić information content (AvgIpc) is 2.63. The molecule has 1 heterocycles. The lowest BCUT2D eigenvalue weighted by molar-refractivity contribution is -0.137. The predicted molar refractivity (Wildman–Crippen MR) is 105 cm³/mol. The van der Waals surface area contributed by atoms with Crippen LogP contribution in [0.3, 0.4) is 0 Å². The molecule has 4 nitrogen and oxygen atoms in total. The summed E-state index contributed by atoms with van der Waals surface area (Å²) in [5, 5.41) is 2.45. The SMILES string of the molecule is CCOc1ccc(Cl)c(C(=O)Nc2ccc(S[C@H](C)CC)cc2C(F)(F)F)n1. The number of halogens is 4. The molecule has 1 amide bonds. The summed E-state index contributed by atoms with van der Waals surface area (Å²) in [7, 11) is 0. The molecular formula is C19H20ClF3N2O2S. The third-order valence-electron chi connectivity index (χ3n) is 3.78. The maximum absolute atomic E-state index is 13.5. The highest BCUT2D eigenvalue weighted by Gasteiger charge is 2.34. The van der Waals surface area contributed by atoms with Gasteiger partial charge < -0.3 is 10.1 Å². The Morgan fingerprint density at radius 2 is 2.00 bits per heavy atom. The van der Waals surface area contributed by atoms with Crippen molar-refractivity contribution in [1.29, 1.82) is 0 Å². The molecule has 28 heavy (non-hydrogen) atoms. The molecule has 9 heteroatoms. The highest BCUT2D eigenvalue weighted by atomic mass is 35.5. The van der Waals surface area contributed by atoms with E-state index in [-0.39, 0.29) is 27.5 Å². The fraction of sp³-hybridized carbons (Fsp3) is 0.368. The van der Waals surface area contributed by atoms with Gasteiger partial charge in [0.15, 0.2) is 5.69 Å². The number of carbonyl (C=O) groups excluding carboxylic acids is 1. The largest absolute Gasteiger partial charge is 0.478 e. The van der Waals surface area contributed by atoms with E-state index in [0.29, 0.717) is 11.5 Å². The predicted octanol–water partition coefficient (Wildman–Crippen LogP) is 6.30. The quantitative estimate of drug-likeness (QED) is 0.522. The summed E-state index contributed by atoms with van der Waals surface area (Å²) in [6, 6.07) is 6.72. The van der Waals surface area contributed by atoms with Crippen molar-refractivity contribution >= 4 is 35.0 Å². The van der Waals surface area contributed by atoms with E-state index in [1.54, 1.807) is 13.0 Å². The number of hydrogen-bond acceptors (Lipinski definition) is 4. The lowest BCUT2D eigenvalue weighted by atomic mass is 10.1. The van der Waals surface area contributed by atoms with E-state index < -0.39 is 17.6 Å². The Labute approximate surface area is 170 Å². The number of alkyl halides is 3. The number of ether oxygens (including phenoxy) is 1. The van der Waals surface area contributed by atoms with Gasteiger partial charge in [0.25, 0.3) is 5.91 Å². The number of nitrogens with one attached hydrogen (secondary N) is 1. The van der Waals surface area contributed by atoms with E-state index in [9.17, 15) is 18.0 Å². The number of thioether (sulfide) groups is 1. The number of aromatic nitrogens is 1. The average molecular weight is 433 g/mol. The molecular weight excluding hydrogens is 413 g/mol. The third-order valence-corrected chi connectivity index (χ3v) is 5.35. The van der Waals surface area contributed by atoms with Crippen LogP contribution in [0.1, 0.15) is 43.2 Å². The standard InChI is InChI=1S/C19H20ClF3N2O2S/c1-4-11(3)28-12-6-8-15(13(10-12)19(21,22)23)24-18(26)17-14(20)7-9-16(25-17)27-5-2/h6-11H,4-5H2,1-3H3,(H,24,26)/t11-/m1/s1. The minimum atomic E-state index is -4.63. The van der Waals surface area contributed by atoms with Gasteiger partial charge in [-0.3, -0.25) is 4.79 Å². The van der Waals surface area contributed by atoms with Gasteiger partial charge in [0.05, 0.1) is 22.9 Å². The van der Waals surface area contributed by atoms with Gasteiger partial charge in [0.2, 0.25) is 5.88 Å². The first kappa shape index (κ1) is 22.4. The van der Waals surface area contributed by atoms with Crippen molar-refractivity contribution in [2.75, 3.05) is 11.9 Å². The first-order valence-corrected chi connectivity index (χ1v) is 9.90. The van der Waals surface area contributed by atoms with Crippen LogP contribution in [0.25, 0.3) is 0 Å². The molecule has 0 spiro atoms. The number of rotatable bonds is 7. The summed E-state index contributed by atoms with van der Waals surface area (Å²) < 4.78 is 45.8. The monoisotopic (exact) mass is 432 g/mol. The topological polar surface area (TPSA) is 51.2 Å². The van der Waals surface area contributed by atoms with E-state index in [2.05, 4.69) is 10.3 Å². The van der Waals surface area contributed by atoms with Crippen LogP contribution in [0.5, 0.6) is 5.88 Å². The van der Waals surface area contributed by atoms with Gasteiger partial charge in [-0.1, -0.05) is 25.4 Å². The summed E-state index contributed by atoms with van der Waals surface area (Å²) in [5.41, 5.74) is -1.49. The van der Waals surface area contributed by atoms with E-state index in [4.69, 9.17) is 16.3 Å². The minimum Gasteiger partial charge on any atom is -0.478 e. The zero-order valence-electron chi connectivity index (χ0n) is 15.6. The van der Waals surface area contributed by atoms with Crippen LogP contribution in [0.2, 0.25) is 5.02 Å². The molecule has 0 fully saturated rings. The molecule has 0 aliphatic carbocycles. The molecule has 0 saturated carbocycles. The molecule has 1 atom stereocenters. The number of amides is 1. The number of hydrogen-bond donors (Lipinski definition) is 1. The van der Waals surface area contributed by atoms with Crippen molar-refractivity contribution in [1.82, 2.24) is 4.98 Å². The highest BCUT2D eigenvalue weighted by molar-refractivity contribution is 7.99. The third kappa shape index (κ3) is 5.78. The van der Waals surface area contributed by atoms with E-state index in [1.807, 2.05) is 13.8 Å². The van der Waals surface area contributed by atoms with Crippen molar-refractivity contribution in [3.05, 3.63) is 46.6 Å². The zero-order valence-corrected chi connectivity index (χ0v) is 17.1. The minimum absolute atomic E-state index is 0.0125. The van der Waals surface area contributed by atoms with Crippen LogP contribution < -0.4 is 10.1 Å². The molecule has 0 bridgehead atoms. The second-order valence-electron chi connectivity index (χ2n) is 5.91. The molecule has 0 radical (unpaired) electrons. The number of benzene rings is 1. The first-order chi connectivity index (χ1) is 13.2. The smallest absolute Gasteiger partial charge is 0.418 e. The fourth-order valence-electron chi connectivity index (χ4n) is 2.25. The molecule has 0 aliphatic rings. The lowest BCUT2D eigenvalue weighted by Crippen LogP contribution is -2.18. The van der Waals surface area contributed by atoms with Gasteiger partial charge in [-0.15, -0.1) is 11.8 Å².